The normalized spacial score (nSPS) is 13.1. The molecule has 0 radical (unpaired) electrons. The van der Waals surface area contributed by atoms with Crippen molar-refractivity contribution >= 4 is 0 Å². The Hall–Kier alpha value is -2.47. The lowest BCUT2D eigenvalue weighted by molar-refractivity contribution is -0.137. The van der Waals surface area contributed by atoms with Gasteiger partial charge in [-0.25, -0.2) is 0 Å². The van der Waals surface area contributed by atoms with Gasteiger partial charge >= 0.3 is 6.18 Å². The summed E-state index contributed by atoms with van der Waals surface area (Å²) in [5.74, 6) is 6.20. The topological polar surface area (TPSA) is 0 Å². The molecule has 0 aromatic heterocycles. The summed E-state index contributed by atoms with van der Waals surface area (Å²) in [5, 5.41) is 0. The lowest BCUT2D eigenvalue weighted by Gasteiger charge is -2.13. The number of rotatable bonds is 3. The first-order valence-corrected chi connectivity index (χ1v) is 8.31. The maximum absolute atomic E-state index is 13.5. The number of hydrogen-bond donors (Lipinski definition) is 0. The Balaban J connectivity index is 2.48. The van der Waals surface area contributed by atoms with E-state index in [1.807, 2.05) is 13.0 Å². The first-order valence-electron chi connectivity index (χ1n) is 8.31. The Kier molecular flexibility index (Phi) is 6.09. The molecule has 2 aromatic rings. The van der Waals surface area contributed by atoms with E-state index in [0.29, 0.717) is 17.0 Å². The summed E-state index contributed by atoms with van der Waals surface area (Å²) in [6, 6.07) is 12.9. The van der Waals surface area contributed by atoms with Crippen LogP contribution in [-0.4, -0.2) is 0 Å². The third kappa shape index (κ3) is 4.76. The summed E-state index contributed by atoms with van der Waals surface area (Å²) in [5.41, 5.74) is 1.38. The zero-order valence-electron chi connectivity index (χ0n) is 14.6. The molecule has 0 N–H and O–H groups in total. The van der Waals surface area contributed by atoms with E-state index >= 15 is 0 Å². The molecule has 0 amide bonds. The number of alkyl halides is 3. The summed E-state index contributed by atoms with van der Waals surface area (Å²) in [6.07, 6.45) is -1.57. The van der Waals surface area contributed by atoms with Gasteiger partial charge in [-0.1, -0.05) is 68.2 Å². The summed E-state index contributed by atoms with van der Waals surface area (Å²) < 4.78 is 40.5. The Bertz CT molecular complexity index is 803. The molecule has 3 heteroatoms. The predicted molar refractivity (Wildman–Crippen MR) is 97.0 cm³/mol. The highest BCUT2D eigenvalue weighted by molar-refractivity contribution is 5.69. The van der Waals surface area contributed by atoms with Crippen LogP contribution in [0, 0.1) is 17.8 Å². The van der Waals surface area contributed by atoms with Gasteiger partial charge in [0, 0.05) is 11.1 Å². The standard InChI is InChI=1S/C22H21F3/c1-4-16(3)18(5-2)13-11-17-12-14-20(19-9-7-6-8-10-19)21(15-17)22(23,24)25/h5-10,12,14-16H,4H2,1-3H3/b18-5-. The van der Waals surface area contributed by atoms with Gasteiger partial charge in [0.15, 0.2) is 0 Å². The fraction of sp³-hybridized carbons (Fsp3) is 0.273. The monoisotopic (exact) mass is 342 g/mol. The van der Waals surface area contributed by atoms with Crippen LogP contribution in [0.5, 0.6) is 0 Å². The van der Waals surface area contributed by atoms with Crippen LogP contribution in [0.25, 0.3) is 11.1 Å². The molecule has 130 valence electrons. The summed E-state index contributed by atoms with van der Waals surface area (Å²) >= 11 is 0. The van der Waals surface area contributed by atoms with Crippen LogP contribution >= 0.6 is 0 Å². The highest BCUT2D eigenvalue weighted by Gasteiger charge is 2.33. The Labute approximate surface area is 147 Å². The van der Waals surface area contributed by atoms with Crippen molar-refractivity contribution in [1.29, 1.82) is 0 Å². The molecular weight excluding hydrogens is 321 g/mol. The van der Waals surface area contributed by atoms with E-state index in [1.165, 1.54) is 6.07 Å². The fourth-order valence-corrected chi connectivity index (χ4v) is 2.57. The number of hydrogen-bond acceptors (Lipinski definition) is 0. The average Bonchev–Trinajstić information content (AvgIpc) is 2.61. The summed E-state index contributed by atoms with van der Waals surface area (Å²) in [7, 11) is 0. The second-order valence-corrected chi connectivity index (χ2v) is 5.93. The van der Waals surface area contributed by atoms with Crippen LogP contribution in [-0.2, 0) is 6.18 Å². The van der Waals surface area contributed by atoms with Crippen LogP contribution in [0.3, 0.4) is 0 Å². The molecule has 0 aliphatic rings. The predicted octanol–water partition coefficient (Wildman–Crippen LogP) is 6.72. The summed E-state index contributed by atoms with van der Waals surface area (Å²) in [4.78, 5) is 0. The highest BCUT2D eigenvalue weighted by atomic mass is 19.4. The van der Waals surface area contributed by atoms with Crippen molar-refractivity contribution in [2.75, 3.05) is 0 Å². The molecule has 0 saturated heterocycles. The molecule has 0 nitrogen and oxygen atoms in total. The Morgan fingerprint density at radius 1 is 1.12 bits per heavy atom. The fourth-order valence-electron chi connectivity index (χ4n) is 2.57. The van der Waals surface area contributed by atoms with E-state index in [2.05, 4.69) is 25.7 Å². The maximum atomic E-state index is 13.5. The van der Waals surface area contributed by atoms with Gasteiger partial charge in [0.05, 0.1) is 5.56 Å². The van der Waals surface area contributed by atoms with Crippen LogP contribution in [0.2, 0.25) is 0 Å². The van der Waals surface area contributed by atoms with Gasteiger partial charge in [0.1, 0.15) is 0 Å². The van der Waals surface area contributed by atoms with E-state index in [1.54, 1.807) is 36.4 Å². The van der Waals surface area contributed by atoms with E-state index in [9.17, 15) is 13.2 Å². The molecule has 1 atom stereocenters. The van der Waals surface area contributed by atoms with Gasteiger partial charge in [-0.05, 0) is 42.5 Å². The Morgan fingerprint density at radius 3 is 2.36 bits per heavy atom. The number of allylic oxidation sites excluding steroid dienone is 2. The van der Waals surface area contributed by atoms with E-state index in [0.717, 1.165) is 18.1 Å². The molecule has 0 aliphatic carbocycles. The van der Waals surface area contributed by atoms with E-state index in [-0.39, 0.29) is 5.56 Å². The zero-order valence-corrected chi connectivity index (χ0v) is 14.6. The van der Waals surface area contributed by atoms with Gasteiger partial charge in [0.25, 0.3) is 0 Å². The molecule has 0 saturated carbocycles. The van der Waals surface area contributed by atoms with Crippen molar-refractivity contribution in [3.05, 3.63) is 71.3 Å². The molecule has 0 aliphatic heterocycles. The third-order valence-electron chi connectivity index (χ3n) is 4.22. The van der Waals surface area contributed by atoms with Gasteiger partial charge in [-0.3, -0.25) is 0 Å². The SMILES string of the molecule is C/C=C(/C#Cc1ccc(-c2ccccc2)c(C(F)(F)F)c1)C(C)CC. The maximum Gasteiger partial charge on any atom is 0.417 e. The minimum absolute atomic E-state index is 0.173. The van der Waals surface area contributed by atoms with Crippen molar-refractivity contribution in [3.8, 4) is 23.0 Å². The van der Waals surface area contributed by atoms with Crippen molar-refractivity contribution in [2.45, 2.75) is 33.4 Å². The third-order valence-corrected chi connectivity index (χ3v) is 4.22. The molecule has 0 fully saturated rings. The first kappa shape index (κ1) is 18.9. The van der Waals surface area contributed by atoms with Gasteiger partial charge in [-0.2, -0.15) is 13.2 Å². The molecule has 25 heavy (non-hydrogen) atoms. The van der Waals surface area contributed by atoms with Gasteiger partial charge < -0.3 is 0 Å². The number of benzene rings is 2. The van der Waals surface area contributed by atoms with Crippen LogP contribution in [0.4, 0.5) is 13.2 Å². The van der Waals surface area contributed by atoms with Gasteiger partial charge in [-0.15, -0.1) is 0 Å². The second-order valence-electron chi connectivity index (χ2n) is 5.93. The van der Waals surface area contributed by atoms with Crippen LogP contribution in [0.1, 0.15) is 38.3 Å². The average molecular weight is 342 g/mol. The first-order chi connectivity index (χ1) is 11.9. The lowest BCUT2D eigenvalue weighted by atomic mass is 9.96. The minimum Gasteiger partial charge on any atom is -0.166 e. The summed E-state index contributed by atoms with van der Waals surface area (Å²) in [6.45, 7) is 6.02. The number of halogens is 3. The van der Waals surface area contributed by atoms with Crippen molar-refractivity contribution < 1.29 is 13.2 Å². The van der Waals surface area contributed by atoms with E-state index in [4.69, 9.17) is 0 Å². The largest absolute Gasteiger partial charge is 0.417 e. The molecule has 0 spiro atoms. The molecule has 0 bridgehead atoms. The molecular formula is C22H21F3. The van der Waals surface area contributed by atoms with Crippen LogP contribution in [0.15, 0.2) is 60.2 Å². The van der Waals surface area contributed by atoms with Crippen molar-refractivity contribution in [2.24, 2.45) is 5.92 Å². The lowest BCUT2D eigenvalue weighted by Crippen LogP contribution is -2.07. The molecule has 1 unspecified atom stereocenters. The quantitative estimate of drug-likeness (QED) is 0.543. The van der Waals surface area contributed by atoms with Gasteiger partial charge in [0.2, 0.25) is 0 Å². The molecule has 2 aromatic carbocycles. The van der Waals surface area contributed by atoms with Crippen molar-refractivity contribution in [1.82, 2.24) is 0 Å². The molecule has 2 rings (SSSR count). The zero-order chi connectivity index (χ0) is 18.4. The smallest absolute Gasteiger partial charge is 0.166 e. The minimum atomic E-state index is -4.43. The highest BCUT2D eigenvalue weighted by Crippen LogP contribution is 2.37. The van der Waals surface area contributed by atoms with E-state index < -0.39 is 11.7 Å². The van der Waals surface area contributed by atoms with Crippen LogP contribution < -0.4 is 0 Å². The molecule has 0 heterocycles. The second kappa shape index (κ2) is 8.07. The van der Waals surface area contributed by atoms with Crippen molar-refractivity contribution in [3.63, 3.8) is 0 Å². The Morgan fingerprint density at radius 2 is 1.80 bits per heavy atom.